The van der Waals surface area contributed by atoms with Crippen molar-refractivity contribution in [2.75, 3.05) is 4.90 Å². The molecule has 10 aromatic carbocycles. The Morgan fingerprint density at radius 3 is 1.70 bits per heavy atom. The molecule has 296 valence electrons. The topological polar surface area (TPSA) is 8.17 Å². The van der Waals surface area contributed by atoms with Gasteiger partial charge in [-0.05, 0) is 99.6 Å². The minimum atomic E-state index is 1.09. The van der Waals surface area contributed by atoms with Crippen LogP contribution in [0.4, 0.5) is 17.1 Å². The van der Waals surface area contributed by atoms with Crippen LogP contribution in [0.3, 0.4) is 0 Å². The molecule has 0 aliphatic heterocycles. The molecule has 0 fully saturated rings. The van der Waals surface area contributed by atoms with Crippen molar-refractivity contribution >= 4 is 70.4 Å². The second-order valence-corrected chi connectivity index (χ2v) is 17.1. The molecule has 0 saturated carbocycles. The van der Waals surface area contributed by atoms with Gasteiger partial charge in [-0.25, -0.2) is 0 Å². The second kappa shape index (κ2) is 15.5. The van der Waals surface area contributed by atoms with Crippen LogP contribution in [0.5, 0.6) is 0 Å². The molecule has 0 N–H and O–H groups in total. The Balaban J connectivity index is 1.14. The predicted molar refractivity (Wildman–Crippen MR) is 270 cm³/mol. The van der Waals surface area contributed by atoms with Crippen molar-refractivity contribution in [1.82, 2.24) is 4.57 Å². The molecule has 0 amide bonds. The summed E-state index contributed by atoms with van der Waals surface area (Å²) >= 11 is 1.86. The van der Waals surface area contributed by atoms with Crippen LogP contribution in [0.1, 0.15) is 0 Å². The van der Waals surface area contributed by atoms with Crippen LogP contribution in [-0.2, 0) is 0 Å². The van der Waals surface area contributed by atoms with Gasteiger partial charge in [-0.15, -0.1) is 11.3 Å². The molecule has 2 nitrogen and oxygen atoms in total. The summed E-state index contributed by atoms with van der Waals surface area (Å²) in [7, 11) is 0. The van der Waals surface area contributed by atoms with Crippen molar-refractivity contribution in [3.05, 3.63) is 243 Å². The first-order valence-corrected chi connectivity index (χ1v) is 22.3. The van der Waals surface area contributed by atoms with Crippen molar-refractivity contribution in [2.24, 2.45) is 0 Å². The predicted octanol–water partition coefficient (Wildman–Crippen LogP) is 17.3. The third kappa shape index (κ3) is 6.33. The van der Waals surface area contributed by atoms with Crippen molar-refractivity contribution in [1.29, 1.82) is 0 Å². The number of aromatic nitrogens is 1. The molecule has 0 bridgehead atoms. The monoisotopic (exact) mass is 820 g/mol. The first-order valence-electron chi connectivity index (χ1n) is 21.5. The average Bonchev–Trinajstić information content (AvgIpc) is 3.91. The molecule has 0 aliphatic rings. The van der Waals surface area contributed by atoms with Crippen LogP contribution < -0.4 is 4.90 Å². The summed E-state index contributed by atoms with van der Waals surface area (Å²) in [6, 6.07) is 88.5. The summed E-state index contributed by atoms with van der Waals surface area (Å²) in [4.78, 5) is 2.52. The lowest BCUT2D eigenvalue weighted by Gasteiger charge is -2.31. The van der Waals surface area contributed by atoms with Gasteiger partial charge in [0.2, 0.25) is 0 Å². The smallest absolute Gasteiger partial charge is 0.0555 e. The van der Waals surface area contributed by atoms with Gasteiger partial charge < -0.3 is 9.47 Å². The van der Waals surface area contributed by atoms with E-state index in [1.165, 1.54) is 75.4 Å². The lowest BCUT2D eigenvalue weighted by molar-refractivity contribution is 1.18. The molecular formula is C60H40N2S. The first kappa shape index (κ1) is 36.8. The summed E-state index contributed by atoms with van der Waals surface area (Å²) in [5.41, 5.74) is 16.3. The minimum absolute atomic E-state index is 1.09. The number of benzene rings is 10. The van der Waals surface area contributed by atoms with Gasteiger partial charge in [0.25, 0.3) is 0 Å². The Bertz CT molecular complexity index is 3620. The van der Waals surface area contributed by atoms with E-state index in [1.807, 2.05) is 11.3 Å². The second-order valence-electron chi connectivity index (χ2n) is 16.0. The third-order valence-electron chi connectivity index (χ3n) is 12.4. The number of nitrogens with zero attached hydrogens (tertiary/aromatic N) is 2. The van der Waals surface area contributed by atoms with E-state index in [2.05, 4.69) is 252 Å². The Hall–Kier alpha value is -7.98. The number of thiophene rings is 1. The fourth-order valence-corrected chi connectivity index (χ4v) is 10.7. The Morgan fingerprint density at radius 1 is 0.333 bits per heavy atom. The average molecular weight is 821 g/mol. The molecule has 0 radical (unpaired) electrons. The quantitative estimate of drug-likeness (QED) is 0.148. The van der Waals surface area contributed by atoms with E-state index in [-0.39, 0.29) is 0 Å². The maximum Gasteiger partial charge on any atom is 0.0555 e. The molecule has 0 aliphatic carbocycles. The van der Waals surface area contributed by atoms with E-state index in [1.54, 1.807) is 0 Å². The normalized spacial score (nSPS) is 11.5. The van der Waals surface area contributed by atoms with Gasteiger partial charge in [0, 0.05) is 47.9 Å². The summed E-state index contributed by atoms with van der Waals surface area (Å²) in [5, 5.41) is 5.01. The van der Waals surface area contributed by atoms with Crippen molar-refractivity contribution in [3.63, 3.8) is 0 Å². The zero-order chi connectivity index (χ0) is 41.7. The van der Waals surface area contributed by atoms with Gasteiger partial charge in [-0.2, -0.15) is 0 Å². The number of hydrogen-bond acceptors (Lipinski definition) is 2. The fraction of sp³-hybridized carbons (Fsp3) is 0. The molecule has 12 rings (SSSR count). The molecular weight excluding hydrogens is 781 g/mol. The summed E-state index contributed by atoms with van der Waals surface area (Å²) in [6.07, 6.45) is 0. The lowest BCUT2D eigenvalue weighted by atomic mass is 9.87. The minimum Gasteiger partial charge on any atom is -0.309 e. The third-order valence-corrected chi connectivity index (χ3v) is 13.5. The molecule has 0 atom stereocenters. The highest BCUT2D eigenvalue weighted by Crippen LogP contribution is 2.51. The highest BCUT2D eigenvalue weighted by molar-refractivity contribution is 7.26. The SMILES string of the molecule is c1ccc(-c2ccccc2-c2c(-c3ccccc3)cccc2N(c2cccc(-c3ccc4c5ccccc5n(-c5ccccc5)c4c3)c2)c2cccc3sc4ccccc4c23)cc1. The zero-order valence-electron chi connectivity index (χ0n) is 34.4. The summed E-state index contributed by atoms with van der Waals surface area (Å²) in [5.74, 6) is 0. The Labute approximate surface area is 370 Å². The van der Waals surface area contributed by atoms with Gasteiger partial charge in [0.1, 0.15) is 0 Å². The van der Waals surface area contributed by atoms with Crippen LogP contribution in [0, 0.1) is 0 Å². The van der Waals surface area contributed by atoms with Crippen molar-refractivity contribution in [3.8, 4) is 50.2 Å². The van der Waals surface area contributed by atoms with Gasteiger partial charge in [-0.1, -0.05) is 182 Å². The number of rotatable bonds is 8. The van der Waals surface area contributed by atoms with E-state index < -0.39 is 0 Å². The first-order chi connectivity index (χ1) is 31.3. The van der Waals surface area contributed by atoms with Gasteiger partial charge in [-0.3, -0.25) is 0 Å². The van der Waals surface area contributed by atoms with E-state index >= 15 is 0 Å². The Morgan fingerprint density at radius 2 is 0.889 bits per heavy atom. The number of fused-ring (bicyclic) bond motifs is 6. The van der Waals surface area contributed by atoms with E-state index in [0.29, 0.717) is 0 Å². The molecule has 12 aromatic rings. The van der Waals surface area contributed by atoms with Gasteiger partial charge >= 0.3 is 0 Å². The molecule has 63 heavy (non-hydrogen) atoms. The number of anilines is 3. The lowest BCUT2D eigenvalue weighted by Crippen LogP contribution is -2.12. The molecule has 2 heterocycles. The highest BCUT2D eigenvalue weighted by Gasteiger charge is 2.25. The van der Waals surface area contributed by atoms with Crippen molar-refractivity contribution in [2.45, 2.75) is 0 Å². The van der Waals surface area contributed by atoms with E-state index in [4.69, 9.17) is 0 Å². The fourth-order valence-electron chi connectivity index (χ4n) is 9.62. The van der Waals surface area contributed by atoms with Crippen molar-refractivity contribution < 1.29 is 0 Å². The van der Waals surface area contributed by atoms with Crippen LogP contribution in [0.25, 0.3) is 92.2 Å². The maximum atomic E-state index is 2.52. The molecule has 0 spiro atoms. The highest BCUT2D eigenvalue weighted by atomic mass is 32.1. The van der Waals surface area contributed by atoms with Gasteiger partial charge in [0.15, 0.2) is 0 Å². The number of para-hydroxylation sites is 2. The molecule has 0 saturated heterocycles. The largest absolute Gasteiger partial charge is 0.309 e. The number of hydrogen-bond donors (Lipinski definition) is 0. The van der Waals surface area contributed by atoms with E-state index in [9.17, 15) is 0 Å². The van der Waals surface area contributed by atoms with Gasteiger partial charge in [0.05, 0.1) is 22.4 Å². The molecule has 0 unspecified atom stereocenters. The van der Waals surface area contributed by atoms with E-state index in [0.717, 1.165) is 33.9 Å². The zero-order valence-corrected chi connectivity index (χ0v) is 35.2. The molecule has 3 heteroatoms. The van der Waals surface area contributed by atoms with Crippen LogP contribution in [0.15, 0.2) is 243 Å². The molecule has 2 aromatic heterocycles. The standard InChI is InChI=1S/C60H40N2S/c1-4-19-41(20-5-1)47-27-10-11-29-51(47)59-48(42-21-6-2-7-22-42)31-17-33-54(59)62(55-34-18-36-58-60(55)52-30-13-15-35-57(52)63-58)46-26-16-23-43(39-46)44-37-38-50-49-28-12-14-32-53(49)61(56(50)40-44)45-24-8-3-9-25-45/h1-40H. The van der Waals surface area contributed by atoms with Crippen LogP contribution in [0.2, 0.25) is 0 Å². The van der Waals surface area contributed by atoms with Crippen LogP contribution in [-0.4, -0.2) is 4.57 Å². The maximum absolute atomic E-state index is 2.52. The summed E-state index contributed by atoms with van der Waals surface area (Å²) in [6.45, 7) is 0. The van der Waals surface area contributed by atoms with Crippen LogP contribution >= 0.6 is 11.3 Å². The summed E-state index contributed by atoms with van der Waals surface area (Å²) < 4.78 is 4.95. The Kier molecular flexibility index (Phi) is 9.06.